The highest BCUT2D eigenvalue weighted by molar-refractivity contribution is 14.1. The molecule has 1 aromatic carbocycles. The Morgan fingerprint density at radius 1 is 1.33 bits per heavy atom. The summed E-state index contributed by atoms with van der Waals surface area (Å²) >= 11 is 1.68. The molecule has 1 heterocycles. The number of nitrogens with zero attached hydrogens (tertiary/aromatic N) is 1. The second-order valence-corrected chi connectivity index (χ2v) is 4.40. The van der Waals surface area contributed by atoms with E-state index >= 15 is 0 Å². The maximum absolute atomic E-state index is 13.7. The first kappa shape index (κ1) is 10.8. The zero-order valence-corrected chi connectivity index (χ0v) is 10.4. The van der Waals surface area contributed by atoms with Crippen molar-refractivity contribution in [2.24, 2.45) is 0 Å². The fourth-order valence-electron chi connectivity index (χ4n) is 1.63. The van der Waals surface area contributed by atoms with Gasteiger partial charge in [-0.15, -0.1) is 0 Å². The zero-order chi connectivity index (χ0) is 11.2. The lowest BCUT2D eigenvalue weighted by Crippen LogP contribution is -1.98. The Morgan fingerprint density at radius 3 is 2.60 bits per heavy atom. The summed E-state index contributed by atoms with van der Waals surface area (Å²) in [5.41, 5.74) is 1.18. The summed E-state index contributed by atoms with van der Waals surface area (Å²) in [6.45, 7) is 3.56. The summed E-state index contributed by atoms with van der Waals surface area (Å²) in [5, 5.41) is 0. The molecule has 0 radical (unpaired) electrons. The molecule has 0 aliphatic rings. The van der Waals surface area contributed by atoms with Gasteiger partial charge >= 0.3 is 0 Å². The molecule has 2 rings (SSSR count). The fourth-order valence-corrected chi connectivity index (χ4v) is 2.23. The maximum atomic E-state index is 13.7. The first-order valence-electron chi connectivity index (χ1n) is 4.57. The van der Waals surface area contributed by atoms with Gasteiger partial charge in [0.25, 0.3) is 0 Å². The van der Waals surface area contributed by atoms with Crippen molar-refractivity contribution >= 4 is 33.6 Å². The maximum Gasteiger partial charge on any atom is 0.165 e. The van der Waals surface area contributed by atoms with Gasteiger partial charge in [-0.3, -0.25) is 0 Å². The molecule has 0 unspecified atom stereocenters. The average Bonchev–Trinajstić information content (AvgIpc) is 2.58. The number of aromatic amines is 1. The number of aromatic nitrogens is 2. The van der Waals surface area contributed by atoms with Crippen molar-refractivity contribution in [3.05, 3.63) is 26.6 Å². The number of nitrogens with one attached hydrogen (secondary N) is 1. The number of benzene rings is 1. The zero-order valence-electron chi connectivity index (χ0n) is 8.29. The van der Waals surface area contributed by atoms with Gasteiger partial charge in [0.2, 0.25) is 0 Å². The van der Waals surface area contributed by atoms with E-state index in [0.29, 0.717) is 28.8 Å². The van der Waals surface area contributed by atoms with E-state index < -0.39 is 11.6 Å². The quantitative estimate of drug-likeness (QED) is 0.633. The second-order valence-electron chi connectivity index (χ2n) is 3.32. The van der Waals surface area contributed by atoms with Crippen LogP contribution in [0.15, 0.2) is 0 Å². The Kier molecular flexibility index (Phi) is 2.66. The number of imidazole rings is 1. The Hall–Kier alpha value is -0.720. The molecule has 0 fully saturated rings. The molecule has 1 N–H and O–H groups in total. The topological polar surface area (TPSA) is 28.7 Å². The molecule has 0 amide bonds. The number of hydrogen-bond donors (Lipinski definition) is 1. The van der Waals surface area contributed by atoms with Crippen molar-refractivity contribution in [1.29, 1.82) is 0 Å². The second kappa shape index (κ2) is 3.70. The van der Waals surface area contributed by atoms with Crippen molar-refractivity contribution in [3.8, 4) is 0 Å². The first-order chi connectivity index (χ1) is 7.06. The van der Waals surface area contributed by atoms with Gasteiger partial charge in [-0.1, -0.05) is 6.92 Å². The van der Waals surface area contributed by atoms with E-state index in [0.717, 1.165) is 0 Å². The van der Waals surface area contributed by atoms with Crippen LogP contribution in [0.3, 0.4) is 0 Å². The van der Waals surface area contributed by atoms with Gasteiger partial charge in [-0.2, -0.15) is 0 Å². The molecule has 0 aliphatic heterocycles. The number of fused-ring (bicyclic) bond motifs is 1. The number of hydrogen-bond acceptors (Lipinski definition) is 1. The van der Waals surface area contributed by atoms with Gasteiger partial charge in [0.05, 0.1) is 9.09 Å². The van der Waals surface area contributed by atoms with Crippen LogP contribution < -0.4 is 0 Å². The van der Waals surface area contributed by atoms with Crippen LogP contribution in [-0.2, 0) is 6.42 Å². The van der Waals surface area contributed by atoms with E-state index in [-0.39, 0.29) is 3.57 Å². The normalized spacial score (nSPS) is 11.3. The minimum atomic E-state index is -0.555. The highest BCUT2D eigenvalue weighted by Gasteiger charge is 2.19. The average molecular weight is 322 g/mol. The Morgan fingerprint density at radius 2 is 2.00 bits per heavy atom. The van der Waals surface area contributed by atoms with E-state index in [2.05, 4.69) is 9.97 Å². The molecule has 0 aliphatic carbocycles. The largest absolute Gasteiger partial charge is 0.340 e. The lowest BCUT2D eigenvalue weighted by atomic mass is 10.1. The van der Waals surface area contributed by atoms with Gasteiger partial charge in [0.1, 0.15) is 17.2 Å². The Labute approximate surface area is 99.2 Å². The number of rotatable bonds is 1. The highest BCUT2D eigenvalue weighted by atomic mass is 127. The summed E-state index contributed by atoms with van der Waals surface area (Å²) in [5.74, 6) is -0.449. The Balaban J connectivity index is 2.96. The summed E-state index contributed by atoms with van der Waals surface area (Å²) in [4.78, 5) is 6.92. The molecule has 1 aromatic heterocycles. The van der Waals surface area contributed by atoms with Crippen molar-refractivity contribution in [3.63, 3.8) is 0 Å². The molecular weight excluding hydrogens is 313 g/mol. The van der Waals surface area contributed by atoms with E-state index in [9.17, 15) is 8.78 Å². The van der Waals surface area contributed by atoms with E-state index in [1.54, 1.807) is 29.5 Å². The van der Waals surface area contributed by atoms with Crippen LogP contribution in [0.4, 0.5) is 8.78 Å². The third-order valence-electron chi connectivity index (χ3n) is 2.33. The van der Waals surface area contributed by atoms with Crippen LogP contribution in [0.25, 0.3) is 11.0 Å². The fraction of sp³-hybridized carbons (Fsp3) is 0.300. The van der Waals surface area contributed by atoms with Crippen LogP contribution >= 0.6 is 22.6 Å². The van der Waals surface area contributed by atoms with Crippen molar-refractivity contribution in [2.75, 3.05) is 0 Å². The smallest absolute Gasteiger partial charge is 0.165 e. The van der Waals surface area contributed by atoms with Crippen molar-refractivity contribution in [2.45, 2.75) is 20.3 Å². The Bertz CT molecular complexity index is 534. The third kappa shape index (κ3) is 1.53. The van der Waals surface area contributed by atoms with Gasteiger partial charge in [-0.05, 0) is 35.9 Å². The molecule has 0 spiro atoms. The summed E-state index contributed by atoms with van der Waals surface area (Å²) in [6.07, 6.45) is 0.503. The monoisotopic (exact) mass is 322 g/mol. The minimum absolute atomic E-state index is 0.0283. The van der Waals surface area contributed by atoms with Crippen LogP contribution in [0.2, 0.25) is 0 Å². The van der Waals surface area contributed by atoms with E-state index in [1.165, 1.54) is 0 Å². The van der Waals surface area contributed by atoms with Crippen molar-refractivity contribution in [1.82, 2.24) is 9.97 Å². The van der Waals surface area contributed by atoms with Crippen LogP contribution in [0.1, 0.15) is 18.3 Å². The molecule has 15 heavy (non-hydrogen) atoms. The third-order valence-corrected chi connectivity index (χ3v) is 3.28. The molecule has 0 bridgehead atoms. The van der Waals surface area contributed by atoms with Crippen LogP contribution in [0, 0.1) is 22.1 Å². The molecular formula is C10H9F2IN2. The predicted octanol–water partition coefficient (Wildman–Crippen LogP) is 3.32. The summed E-state index contributed by atoms with van der Waals surface area (Å²) < 4.78 is 27.4. The lowest BCUT2D eigenvalue weighted by Gasteiger charge is -2.04. The highest BCUT2D eigenvalue weighted by Crippen LogP contribution is 2.28. The molecule has 5 heteroatoms. The van der Waals surface area contributed by atoms with Gasteiger partial charge in [0, 0.05) is 5.56 Å². The predicted molar refractivity (Wildman–Crippen MR) is 62.8 cm³/mol. The van der Waals surface area contributed by atoms with E-state index in [4.69, 9.17) is 0 Å². The first-order valence-corrected chi connectivity index (χ1v) is 5.65. The van der Waals surface area contributed by atoms with Crippen molar-refractivity contribution < 1.29 is 8.78 Å². The minimum Gasteiger partial charge on any atom is -0.340 e. The summed E-state index contributed by atoms with van der Waals surface area (Å²) in [6, 6.07) is 0. The molecule has 0 saturated carbocycles. The standard InChI is InChI=1S/C10H9F2IN2/c1-3-5-6(11)8(13)7(12)10-9(5)14-4(2)15-10/h3H2,1-2H3,(H,14,15). The lowest BCUT2D eigenvalue weighted by molar-refractivity contribution is 0.568. The van der Waals surface area contributed by atoms with E-state index in [1.807, 2.05) is 6.92 Å². The summed E-state index contributed by atoms with van der Waals surface area (Å²) in [7, 11) is 0. The van der Waals surface area contributed by atoms with Crippen LogP contribution in [0.5, 0.6) is 0 Å². The number of H-pyrrole nitrogens is 1. The van der Waals surface area contributed by atoms with Crippen LogP contribution in [-0.4, -0.2) is 9.97 Å². The SMILES string of the molecule is CCc1c(F)c(I)c(F)c2[nH]c(C)nc12. The molecule has 0 saturated heterocycles. The molecule has 2 aromatic rings. The van der Waals surface area contributed by atoms with Gasteiger partial charge in [0.15, 0.2) is 5.82 Å². The van der Waals surface area contributed by atoms with Gasteiger partial charge < -0.3 is 4.98 Å². The number of aryl methyl sites for hydroxylation is 2. The molecule has 0 atom stereocenters. The molecule has 2 nitrogen and oxygen atoms in total. The number of halogens is 3. The van der Waals surface area contributed by atoms with Gasteiger partial charge in [-0.25, -0.2) is 13.8 Å². The molecule has 80 valence electrons.